The van der Waals surface area contributed by atoms with Gasteiger partial charge in [-0.15, -0.1) is 11.3 Å². The van der Waals surface area contributed by atoms with Gasteiger partial charge < -0.3 is 9.47 Å². The number of rotatable bonds is 4. The van der Waals surface area contributed by atoms with E-state index >= 15 is 0 Å². The minimum absolute atomic E-state index is 0.0175. The number of pyridine rings is 1. The van der Waals surface area contributed by atoms with Crippen molar-refractivity contribution >= 4 is 34.8 Å². The van der Waals surface area contributed by atoms with Crippen LogP contribution < -0.4 is 4.80 Å². The number of benzene rings is 1. The third-order valence-electron chi connectivity index (χ3n) is 5.22. The predicted octanol–water partition coefficient (Wildman–Crippen LogP) is 3.63. The second-order valence-corrected chi connectivity index (χ2v) is 8.44. The van der Waals surface area contributed by atoms with Crippen LogP contribution in [0.5, 0.6) is 0 Å². The molecule has 0 N–H and O–H groups in total. The zero-order valence-electron chi connectivity index (χ0n) is 16.3. The molecule has 0 aliphatic carbocycles. The molecule has 4 rings (SSSR count). The monoisotopic (exact) mass is 440 g/mol. The molecule has 8 heteroatoms. The molecule has 1 aliphatic rings. The largest absolute Gasteiger partial charge is 0.339 e. The Kier molecular flexibility index (Phi) is 6.40. The first kappa shape index (κ1) is 20.5. The number of amides is 2. The zero-order valence-corrected chi connectivity index (χ0v) is 17.9. The Bertz CT molecular complexity index is 1100. The minimum atomic E-state index is -0.164. The van der Waals surface area contributed by atoms with Gasteiger partial charge in [0.25, 0.3) is 11.8 Å². The molecule has 3 aromatic rings. The Morgan fingerprint density at radius 2 is 1.87 bits per heavy atom. The molecule has 0 unspecified atom stereocenters. The number of halogens is 1. The van der Waals surface area contributed by atoms with Gasteiger partial charge in [0.05, 0.1) is 6.54 Å². The summed E-state index contributed by atoms with van der Waals surface area (Å²) in [7, 11) is 0. The van der Waals surface area contributed by atoms with E-state index in [0.717, 1.165) is 5.56 Å². The molecular formula is C22H21ClN4O2S. The molecular weight excluding hydrogens is 420 g/mol. The van der Waals surface area contributed by atoms with Crippen molar-refractivity contribution in [2.75, 3.05) is 13.1 Å². The number of hydrogen-bond acceptors (Lipinski definition) is 4. The van der Waals surface area contributed by atoms with Crippen molar-refractivity contribution in [1.82, 2.24) is 14.5 Å². The predicted molar refractivity (Wildman–Crippen MR) is 116 cm³/mol. The van der Waals surface area contributed by atoms with Crippen LogP contribution in [0, 0.1) is 5.92 Å². The summed E-state index contributed by atoms with van der Waals surface area (Å²) in [5.41, 5.74) is 1.60. The summed E-state index contributed by atoms with van der Waals surface area (Å²) in [5.74, 6) is -0.306. The number of carbonyl (C=O) groups is 2. The summed E-state index contributed by atoms with van der Waals surface area (Å²) in [4.78, 5) is 36.1. The highest BCUT2D eigenvalue weighted by atomic mass is 35.5. The van der Waals surface area contributed by atoms with Crippen LogP contribution in [0.1, 0.15) is 28.8 Å². The molecule has 0 saturated carbocycles. The van der Waals surface area contributed by atoms with Crippen LogP contribution in [0.3, 0.4) is 0 Å². The van der Waals surface area contributed by atoms with Gasteiger partial charge in [-0.1, -0.05) is 29.8 Å². The van der Waals surface area contributed by atoms with Gasteiger partial charge in [-0.25, -0.2) is 0 Å². The number of likely N-dealkylation sites (tertiary alicyclic amines) is 1. The third kappa shape index (κ3) is 4.68. The molecule has 154 valence electrons. The lowest BCUT2D eigenvalue weighted by Crippen LogP contribution is -2.40. The smallest absolute Gasteiger partial charge is 0.253 e. The highest BCUT2D eigenvalue weighted by molar-refractivity contribution is 7.07. The fourth-order valence-electron chi connectivity index (χ4n) is 3.51. The average molecular weight is 441 g/mol. The molecule has 0 spiro atoms. The summed E-state index contributed by atoms with van der Waals surface area (Å²) in [6, 6.07) is 11.1. The average Bonchev–Trinajstić information content (AvgIpc) is 3.22. The number of aromatic nitrogens is 2. The maximum absolute atomic E-state index is 12.8. The van der Waals surface area contributed by atoms with Crippen LogP contribution in [0.25, 0.3) is 0 Å². The molecule has 2 amide bonds. The van der Waals surface area contributed by atoms with Crippen molar-refractivity contribution in [3.05, 3.63) is 81.3 Å². The third-order valence-corrected chi connectivity index (χ3v) is 6.39. The van der Waals surface area contributed by atoms with Crippen molar-refractivity contribution in [2.24, 2.45) is 10.9 Å². The van der Waals surface area contributed by atoms with Gasteiger partial charge in [-0.05, 0) is 36.6 Å². The van der Waals surface area contributed by atoms with Gasteiger partial charge >= 0.3 is 0 Å². The Morgan fingerprint density at radius 3 is 2.60 bits per heavy atom. The minimum Gasteiger partial charge on any atom is -0.339 e. The molecule has 0 atom stereocenters. The Labute approximate surface area is 183 Å². The van der Waals surface area contributed by atoms with E-state index in [4.69, 9.17) is 11.6 Å². The summed E-state index contributed by atoms with van der Waals surface area (Å²) < 4.78 is 1.94. The Hall–Kier alpha value is -2.77. The van der Waals surface area contributed by atoms with Gasteiger partial charge in [-0.3, -0.25) is 14.6 Å². The maximum atomic E-state index is 12.8. The second kappa shape index (κ2) is 9.36. The van der Waals surface area contributed by atoms with E-state index in [0.29, 0.717) is 47.9 Å². The number of carbonyl (C=O) groups excluding carboxylic acids is 2. The van der Waals surface area contributed by atoms with E-state index in [1.807, 2.05) is 40.4 Å². The van der Waals surface area contributed by atoms with Crippen molar-refractivity contribution < 1.29 is 9.59 Å². The van der Waals surface area contributed by atoms with E-state index in [9.17, 15) is 9.59 Å². The molecule has 2 aromatic heterocycles. The fraction of sp³-hybridized carbons (Fsp3) is 0.273. The summed E-state index contributed by atoms with van der Waals surface area (Å²) in [5, 5.41) is 2.61. The fourth-order valence-corrected chi connectivity index (χ4v) is 4.44. The molecule has 0 radical (unpaired) electrons. The second-order valence-electron chi connectivity index (χ2n) is 7.16. The van der Waals surface area contributed by atoms with Crippen molar-refractivity contribution in [2.45, 2.75) is 19.4 Å². The Morgan fingerprint density at radius 1 is 1.13 bits per heavy atom. The molecule has 1 fully saturated rings. The van der Waals surface area contributed by atoms with E-state index in [1.165, 1.54) is 11.3 Å². The van der Waals surface area contributed by atoms with Gasteiger partial charge in [0.2, 0.25) is 0 Å². The van der Waals surface area contributed by atoms with Crippen molar-refractivity contribution in [3.63, 3.8) is 0 Å². The topological polar surface area (TPSA) is 67.6 Å². The van der Waals surface area contributed by atoms with E-state index in [-0.39, 0.29) is 17.7 Å². The number of hydrogen-bond donors (Lipinski definition) is 0. The first-order valence-electron chi connectivity index (χ1n) is 9.77. The van der Waals surface area contributed by atoms with Crippen LogP contribution in [-0.2, 0) is 11.3 Å². The highest BCUT2D eigenvalue weighted by Gasteiger charge is 2.27. The molecule has 1 saturated heterocycles. The molecule has 1 aromatic carbocycles. The summed E-state index contributed by atoms with van der Waals surface area (Å²) in [6.07, 6.45) is 6.38. The van der Waals surface area contributed by atoms with Gasteiger partial charge in [0.15, 0.2) is 4.80 Å². The summed E-state index contributed by atoms with van der Waals surface area (Å²) >= 11 is 7.69. The lowest BCUT2D eigenvalue weighted by atomic mass is 9.96. The van der Waals surface area contributed by atoms with Crippen LogP contribution >= 0.6 is 22.9 Å². The number of nitrogens with zero attached hydrogens (tertiary/aromatic N) is 4. The molecule has 6 nitrogen and oxygen atoms in total. The van der Waals surface area contributed by atoms with Crippen LogP contribution in [0.4, 0.5) is 0 Å². The van der Waals surface area contributed by atoms with Crippen LogP contribution in [-0.4, -0.2) is 39.4 Å². The molecule has 0 bridgehead atoms. The SMILES string of the molecule is O=C(N=c1sccn1Cc1ccccc1Cl)C1CCN(C(=O)c2ccncc2)CC1. The lowest BCUT2D eigenvalue weighted by molar-refractivity contribution is -0.123. The van der Waals surface area contributed by atoms with Gasteiger partial charge in [-0.2, -0.15) is 4.99 Å². The maximum Gasteiger partial charge on any atom is 0.253 e. The lowest BCUT2D eigenvalue weighted by Gasteiger charge is -2.30. The van der Waals surface area contributed by atoms with Crippen LogP contribution in [0.2, 0.25) is 5.02 Å². The summed E-state index contributed by atoms with van der Waals surface area (Å²) in [6.45, 7) is 1.67. The van der Waals surface area contributed by atoms with E-state index < -0.39 is 0 Å². The molecule has 3 heterocycles. The molecule has 30 heavy (non-hydrogen) atoms. The Balaban J connectivity index is 1.41. The van der Waals surface area contributed by atoms with Gasteiger partial charge in [0.1, 0.15) is 0 Å². The van der Waals surface area contributed by atoms with Crippen molar-refractivity contribution in [1.29, 1.82) is 0 Å². The first-order chi connectivity index (χ1) is 14.6. The number of piperidine rings is 1. The zero-order chi connectivity index (χ0) is 20.9. The quantitative estimate of drug-likeness (QED) is 0.622. The molecule has 1 aliphatic heterocycles. The highest BCUT2D eigenvalue weighted by Crippen LogP contribution is 2.20. The van der Waals surface area contributed by atoms with E-state index in [1.54, 1.807) is 29.4 Å². The normalized spacial score (nSPS) is 15.4. The standard InChI is InChI=1S/C22H21ClN4O2S/c23-19-4-2-1-3-18(19)15-27-13-14-30-22(27)25-20(28)16-7-11-26(12-8-16)21(29)17-5-9-24-10-6-17/h1-6,9-10,13-14,16H,7-8,11-12,15H2. The number of thiazole rings is 1. The first-order valence-corrected chi connectivity index (χ1v) is 11.0. The van der Waals surface area contributed by atoms with Crippen molar-refractivity contribution in [3.8, 4) is 0 Å². The van der Waals surface area contributed by atoms with Gasteiger partial charge in [0, 0.05) is 53.6 Å². The van der Waals surface area contributed by atoms with E-state index in [2.05, 4.69) is 9.98 Å². The van der Waals surface area contributed by atoms with Crippen LogP contribution in [0.15, 0.2) is 65.4 Å².